The quantitative estimate of drug-likeness (QED) is 0.0343. The Hall–Kier alpha value is -1.59. The zero-order valence-corrected chi connectivity index (χ0v) is 45.3. The van der Waals surface area contributed by atoms with Crippen LogP contribution in [0.5, 0.6) is 0 Å². The van der Waals surface area contributed by atoms with E-state index in [0.717, 1.165) is 69.6 Å². The molecule has 0 aliphatic carbocycles. The van der Waals surface area contributed by atoms with Crippen LogP contribution in [0, 0.1) is 11.8 Å². The molecule has 0 N–H and O–H groups in total. The first-order valence-corrected chi connectivity index (χ1v) is 29.8. The summed E-state index contributed by atoms with van der Waals surface area (Å²) < 4.78 is 16.9. The summed E-state index contributed by atoms with van der Waals surface area (Å²) in [7, 11) is 0. The van der Waals surface area contributed by atoms with E-state index < -0.39 is 6.10 Å². The van der Waals surface area contributed by atoms with Gasteiger partial charge in [-0.15, -0.1) is 0 Å². The fourth-order valence-electron chi connectivity index (χ4n) is 9.16. The Morgan fingerprint density at radius 2 is 0.530 bits per heavy atom. The lowest BCUT2D eigenvalue weighted by Gasteiger charge is -2.18. The predicted molar refractivity (Wildman–Crippen MR) is 284 cm³/mol. The minimum atomic E-state index is -0.763. The van der Waals surface area contributed by atoms with Crippen molar-refractivity contribution >= 4 is 17.9 Å². The van der Waals surface area contributed by atoms with Gasteiger partial charge in [0.1, 0.15) is 13.2 Å². The molecule has 0 heterocycles. The minimum Gasteiger partial charge on any atom is -0.462 e. The maximum atomic E-state index is 12.8. The van der Waals surface area contributed by atoms with Gasteiger partial charge in [0, 0.05) is 19.3 Å². The van der Waals surface area contributed by atoms with Crippen LogP contribution in [-0.2, 0) is 28.6 Å². The normalized spacial score (nSPS) is 12.9. The molecule has 0 aromatic rings. The minimum absolute atomic E-state index is 0.0627. The maximum absolute atomic E-state index is 12.8. The van der Waals surface area contributed by atoms with E-state index in [0.29, 0.717) is 19.3 Å². The average Bonchev–Trinajstić information content (AvgIpc) is 3.32. The summed E-state index contributed by atoms with van der Waals surface area (Å²) in [5, 5.41) is 0. The van der Waals surface area contributed by atoms with Gasteiger partial charge < -0.3 is 14.2 Å². The van der Waals surface area contributed by atoms with Crippen molar-refractivity contribution in [3.63, 3.8) is 0 Å². The molecule has 0 aliphatic heterocycles. The Labute approximate surface area is 412 Å². The average molecular weight is 934 g/mol. The van der Waals surface area contributed by atoms with Gasteiger partial charge in [0.25, 0.3) is 0 Å². The SMILES string of the molecule is CCCCCCCCCCCCCCC(=O)OC[C@H](COC(=O)CCCCCCCCCCCCCCCCCCCCC(C)CC)OC(=O)CCCCCCCCCCCCC(C)CC. The number of esters is 3. The molecule has 0 aromatic carbocycles. The van der Waals surface area contributed by atoms with Crippen molar-refractivity contribution < 1.29 is 28.6 Å². The summed E-state index contributed by atoms with van der Waals surface area (Å²) in [6.07, 6.45) is 56.6. The number of carbonyl (C=O) groups is 3. The standard InChI is InChI=1S/C60H116O6/c1-6-9-10-11-12-13-14-24-30-35-40-45-50-58(61)64-53-57(66-60(63)52-47-42-37-32-27-26-29-34-39-44-49-56(5)8-3)54-65-59(62)51-46-41-36-31-25-22-20-18-16-15-17-19-21-23-28-33-38-43-48-55(4)7-2/h55-57H,6-54H2,1-5H3/t55?,56?,57-/m1/s1. The van der Waals surface area contributed by atoms with Gasteiger partial charge in [-0.05, 0) is 31.1 Å². The molecule has 2 unspecified atom stereocenters. The van der Waals surface area contributed by atoms with Crippen LogP contribution < -0.4 is 0 Å². The van der Waals surface area contributed by atoms with Crippen LogP contribution in [0.1, 0.15) is 336 Å². The van der Waals surface area contributed by atoms with Crippen LogP contribution in [0.3, 0.4) is 0 Å². The largest absolute Gasteiger partial charge is 0.462 e. The third-order valence-corrected chi connectivity index (χ3v) is 14.4. The number of hydrogen-bond donors (Lipinski definition) is 0. The number of unbranched alkanes of at least 4 members (excludes halogenated alkanes) is 37. The molecule has 3 atom stereocenters. The lowest BCUT2D eigenvalue weighted by Crippen LogP contribution is -2.30. The van der Waals surface area contributed by atoms with Crippen molar-refractivity contribution in [3.8, 4) is 0 Å². The van der Waals surface area contributed by atoms with E-state index in [1.807, 2.05) is 0 Å². The van der Waals surface area contributed by atoms with Crippen LogP contribution in [0.25, 0.3) is 0 Å². The second-order valence-electron chi connectivity index (χ2n) is 21.1. The molecule has 0 saturated carbocycles. The molecule has 6 nitrogen and oxygen atoms in total. The first-order valence-electron chi connectivity index (χ1n) is 29.8. The molecular formula is C60H116O6. The Balaban J connectivity index is 4.22. The molecule has 0 bridgehead atoms. The molecular weight excluding hydrogens is 817 g/mol. The van der Waals surface area contributed by atoms with E-state index in [9.17, 15) is 14.4 Å². The van der Waals surface area contributed by atoms with Crippen LogP contribution in [0.15, 0.2) is 0 Å². The highest BCUT2D eigenvalue weighted by Crippen LogP contribution is 2.19. The molecule has 392 valence electrons. The van der Waals surface area contributed by atoms with E-state index in [2.05, 4.69) is 34.6 Å². The van der Waals surface area contributed by atoms with Gasteiger partial charge in [0.2, 0.25) is 0 Å². The number of ether oxygens (including phenoxy) is 3. The highest BCUT2D eigenvalue weighted by atomic mass is 16.6. The van der Waals surface area contributed by atoms with Crippen LogP contribution in [0.2, 0.25) is 0 Å². The molecule has 0 aromatic heterocycles. The third kappa shape index (κ3) is 50.3. The van der Waals surface area contributed by atoms with E-state index in [1.54, 1.807) is 0 Å². The molecule has 6 heteroatoms. The van der Waals surface area contributed by atoms with Gasteiger partial charge in [-0.1, -0.05) is 298 Å². The first-order chi connectivity index (χ1) is 32.3. The summed E-state index contributed by atoms with van der Waals surface area (Å²) in [4.78, 5) is 38.1. The third-order valence-electron chi connectivity index (χ3n) is 14.4. The van der Waals surface area contributed by atoms with Gasteiger partial charge in [-0.25, -0.2) is 0 Å². The topological polar surface area (TPSA) is 78.9 Å². The van der Waals surface area contributed by atoms with Gasteiger partial charge >= 0.3 is 17.9 Å². The second-order valence-corrected chi connectivity index (χ2v) is 21.1. The fourth-order valence-corrected chi connectivity index (χ4v) is 9.16. The lowest BCUT2D eigenvalue weighted by molar-refractivity contribution is -0.167. The van der Waals surface area contributed by atoms with Crippen molar-refractivity contribution in [1.82, 2.24) is 0 Å². The molecule has 0 saturated heterocycles. The monoisotopic (exact) mass is 933 g/mol. The Bertz CT molecular complexity index is 1010. The van der Waals surface area contributed by atoms with Crippen molar-refractivity contribution in [3.05, 3.63) is 0 Å². The highest BCUT2D eigenvalue weighted by molar-refractivity contribution is 5.71. The Kier molecular flexibility index (Phi) is 51.5. The molecule has 0 amide bonds. The summed E-state index contributed by atoms with van der Waals surface area (Å²) in [5.41, 5.74) is 0. The van der Waals surface area contributed by atoms with Crippen LogP contribution in [0.4, 0.5) is 0 Å². The highest BCUT2D eigenvalue weighted by Gasteiger charge is 2.19. The summed E-state index contributed by atoms with van der Waals surface area (Å²) in [5.74, 6) is 0.938. The zero-order chi connectivity index (χ0) is 48.2. The van der Waals surface area contributed by atoms with Crippen LogP contribution >= 0.6 is 0 Å². The van der Waals surface area contributed by atoms with E-state index in [-0.39, 0.29) is 31.1 Å². The van der Waals surface area contributed by atoms with Crippen molar-refractivity contribution in [2.45, 2.75) is 343 Å². The van der Waals surface area contributed by atoms with Crippen LogP contribution in [-0.4, -0.2) is 37.2 Å². The van der Waals surface area contributed by atoms with Gasteiger partial charge in [0.05, 0.1) is 0 Å². The summed E-state index contributed by atoms with van der Waals surface area (Å²) in [6, 6.07) is 0. The summed E-state index contributed by atoms with van der Waals surface area (Å²) >= 11 is 0. The molecule has 0 rings (SSSR count). The van der Waals surface area contributed by atoms with Gasteiger partial charge in [0.15, 0.2) is 6.10 Å². The molecule has 0 aliphatic rings. The number of hydrogen-bond acceptors (Lipinski definition) is 6. The van der Waals surface area contributed by atoms with E-state index in [4.69, 9.17) is 14.2 Å². The smallest absolute Gasteiger partial charge is 0.306 e. The van der Waals surface area contributed by atoms with Gasteiger partial charge in [-0.2, -0.15) is 0 Å². The van der Waals surface area contributed by atoms with Crippen molar-refractivity contribution in [1.29, 1.82) is 0 Å². The zero-order valence-electron chi connectivity index (χ0n) is 45.3. The molecule has 0 radical (unpaired) electrons. The molecule has 0 spiro atoms. The second kappa shape index (κ2) is 52.8. The summed E-state index contributed by atoms with van der Waals surface area (Å²) in [6.45, 7) is 11.5. The van der Waals surface area contributed by atoms with E-state index in [1.165, 1.54) is 225 Å². The van der Waals surface area contributed by atoms with Crippen molar-refractivity contribution in [2.24, 2.45) is 11.8 Å². The maximum Gasteiger partial charge on any atom is 0.306 e. The Morgan fingerprint density at radius 3 is 0.788 bits per heavy atom. The van der Waals surface area contributed by atoms with E-state index >= 15 is 0 Å². The number of rotatable bonds is 54. The molecule has 0 fully saturated rings. The predicted octanol–water partition coefficient (Wildman–Crippen LogP) is 19.7. The lowest BCUT2D eigenvalue weighted by atomic mass is 9.99. The van der Waals surface area contributed by atoms with Gasteiger partial charge in [-0.3, -0.25) is 14.4 Å². The number of carbonyl (C=O) groups excluding carboxylic acids is 3. The molecule has 66 heavy (non-hydrogen) atoms. The first kappa shape index (κ1) is 64.4. The Morgan fingerprint density at radius 1 is 0.303 bits per heavy atom. The van der Waals surface area contributed by atoms with Crippen molar-refractivity contribution in [2.75, 3.05) is 13.2 Å². The fraction of sp³-hybridized carbons (Fsp3) is 0.950.